The van der Waals surface area contributed by atoms with Crippen molar-refractivity contribution in [1.29, 1.82) is 0 Å². The molecule has 0 saturated heterocycles. The van der Waals surface area contributed by atoms with Crippen LogP contribution in [0.2, 0.25) is 10.0 Å². The molecule has 0 aliphatic rings. The number of imidazole rings is 1. The summed E-state index contributed by atoms with van der Waals surface area (Å²) in [6.45, 7) is 0.434. The van der Waals surface area contributed by atoms with Gasteiger partial charge in [-0.25, -0.2) is 13.4 Å². The van der Waals surface area contributed by atoms with Gasteiger partial charge in [-0.1, -0.05) is 41.4 Å². The molecule has 1 heterocycles. The molecule has 0 spiro atoms. The van der Waals surface area contributed by atoms with E-state index in [4.69, 9.17) is 23.2 Å². The Morgan fingerprint density at radius 2 is 1.73 bits per heavy atom. The van der Waals surface area contributed by atoms with E-state index in [9.17, 15) is 13.2 Å². The number of rotatable bonds is 6. The first kappa shape index (κ1) is 18.6. The number of carbonyl (C=O) groups excluding carboxylic acids is 1. The van der Waals surface area contributed by atoms with Crippen molar-refractivity contribution in [3.63, 3.8) is 0 Å². The molecule has 2 aromatic carbocycles. The third-order valence-corrected chi connectivity index (χ3v) is 5.98. The standard InChI is InChI=1S/C18H14Cl2N2O3S/c19-14-5-7-15(8-6-14)26(24,25)11-18(23)17-10-22(12-21-17)9-13-3-1-2-4-16(13)20/h1-8,10,12H,9,11H2. The maximum absolute atomic E-state index is 12.4. The van der Waals surface area contributed by atoms with Crippen molar-refractivity contribution in [3.8, 4) is 0 Å². The monoisotopic (exact) mass is 408 g/mol. The van der Waals surface area contributed by atoms with Gasteiger partial charge in [0.05, 0.1) is 11.2 Å². The lowest BCUT2D eigenvalue weighted by molar-refractivity contribution is 0.101. The van der Waals surface area contributed by atoms with Crippen LogP contribution in [-0.2, 0) is 16.4 Å². The van der Waals surface area contributed by atoms with E-state index in [1.165, 1.54) is 36.8 Å². The van der Waals surface area contributed by atoms with E-state index in [1.54, 1.807) is 10.6 Å². The van der Waals surface area contributed by atoms with Gasteiger partial charge in [0, 0.05) is 22.8 Å². The predicted molar refractivity (Wildman–Crippen MR) is 101 cm³/mol. The van der Waals surface area contributed by atoms with Crippen LogP contribution in [0.1, 0.15) is 16.1 Å². The molecule has 0 radical (unpaired) electrons. The van der Waals surface area contributed by atoms with Gasteiger partial charge >= 0.3 is 0 Å². The zero-order valence-electron chi connectivity index (χ0n) is 13.5. The molecule has 3 aromatic rings. The van der Waals surface area contributed by atoms with E-state index in [2.05, 4.69) is 4.98 Å². The topological polar surface area (TPSA) is 69.0 Å². The number of carbonyl (C=O) groups is 1. The third-order valence-electron chi connectivity index (χ3n) is 3.72. The number of ketones is 1. The van der Waals surface area contributed by atoms with Crippen molar-refractivity contribution < 1.29 is 13.2 Å². The van der Waals surface area contributed by atoms with Crippen molar-refractivity contribution in [2.24, 2.45) is 0 Å². The minimum Gasteiger partial charge on any atom is -0.332 e. The molecule has 134 valence electrons. The summed E-state index contributed by atoms with van der Waals surface area (Å²) in [5, 5.41) is 1.04. The van der Waals surface area contributed by atoms with Crippen molar-refractivity contribution >= 4 is 38.8 Å². The molecule has 1 aromatic heterocycles. The fourth-order valence-corrected chi connectivity index (χ4v) is 3.92. The molecule has 0 aliphatic carbocycles. The van der Waals surface area contributed by atoms with Crippen molar-refractivity contribution in [2.75, 3.05) is 5.75 Å². The molecule has 5 nitrogen and oxygen atoms in total. The number of halogens is 2. The lowest BCUT2D eigenvalue weighted by atomic mass is 10.2. The minimum atomic E-state index is -3.76. The first-order valence-electron chi connectivity index (χ1n) is 7.62. The summed E-state index contributed by atoms with van der Waals surface area (Å²) in [4.78, 5) is 16.4. The number of aromatic nitrogens is 2. The third kappa shape index (κ3) is 4.33. The molecule has 0 unspecified atom stereocenters. The van der Waals surface area contributed by atoms with E-state index in [-0.39, 0.29) is 10.6 Å². The Bertz CT molecular complexity index is 1040. The number of benzene rings is 2. The van der Waals surface area contributed by atoms with Crippen molar-refractivity contribution in [1.82, 2.24) is 9.55 Å². The summed E-state index contributed by atoms with van der Waals surface area (Å²) < 4.78 is 26.4. The van der Waals surface area contributed by atoms with E-state index in [0.717, 1.165) is 5.56 Å². The van der Waals surface area contributed by atoms with Crippen LogP contribution in [0.15, 0.2) is 66.0 Å². The average Bonchev–Trinajstić information content (AvgIpc) is 3.06. The molecule has 0 amide bonds. The second-order valence-electron chi connectivity index (χ2n) is 5.66. The molecule has 3 rings (SSSR count). The zero-order valence-corrected chi connectivity index (χ0v) is 15.8. The largest absolute Gasteiger partial charge is 0.332 e. The summed E-state index contributed by atoms with van der Waals surface area (Å²) in [6.07, 6.45) is 2.99. The van der Waals surface area contributed by atoms with Crippen LogP contribution in [-0.4, -0.2) is 29.5 Å². The molecule has 0 bridgehead atoms. The summed E-state index contributed by atoms with van der Waals surface area (Å²) in [5.74, 6) is -1.23. The minimum absolute atomic E-state index is 0.0470. The highest BCUT2D eigenvalue weighted by molar-refractivity contribution is 7.92. The quantitative estimate of drug-likeness (QED) is 0.580. The van der Waals surface area contributed by atoms with Gasteiger partial charge in [0.1, 0.15) is 11.4 Å². The lowest BCUT2D eigenvalue weighted by Crippen LogP contribution is -2.16. The SMILES string of the molecule is O=C(CS(=O)(=O)c1ccc(Cl)cc1)c1cn(Cc2ccccc2Cl)cn1. The highest BCUT2D eigenvalue weighted by Gasteiger charge is 2.22. The number of hydrogen-bond donors (Lipinski definition) is 0. The Kier molecular flexibility index (Phi) is 5.46. The Morgan fingerprint density at radius 1 is 1.04 bits per heavy atom. The Hall–Kier alpha value is -2.15. The fourth-order valence-electron chi connectivity index (χ4n) is 2.39. The Balaban J connectivity index is 1.74. The molecule has 0 N–H and O–H groups in total. The fraction of sp³-hybridized carbons (Fsp3) is 0.111. The molecule has 0 fully saturated rings. The van der Waals surface area contributed by atoms with Gasteiger partial charge in [-0.15, -0.1) is 0 Å². The van der Waals surface area contributed by atoms with Crippen LogP contribution in [0, 0.1) is 0 Å². The van der Waals surface area contributed by atoms with Crippen LogP contribution >= 0.6 is 23.2 Å². The van der Waals surface area contributed by atoms with Gasteiger partial charge in [-0.05, 0) is 35.9 Å². The lowest BCUT2D eigenvalue weighted by Gasteiger charge is -2.04. The van der Waals surface area contributed by atoms with Crippen LogP contribution in [0.25, 0.3) is 0 Å². The Labute approximate surface area is 161 Å². The second-order valence-corrected chi connectivity index (χ2v) is 8.49. The van der Waals surface area contributed by atoms with E-state index in [1.807, 2.05) is 18.2 Å². The molecule has 26 heavy (non-hydrogen) atoms. The smallest absolute Gasteiger partial charge is 0.198 e. The summed E-state index contributed by atoms with van der Waals surface area (Å²) in [5.41, 5.74) is 0.967. The maximum atomic E-state index is 12.4. The molecule has 0 aliphatic heterocycles. The summed E-state index contributed by atoms with van der Waals surface area (Å²) in [7, 11) is -3.76. The van der Waals surface area contributed by atoms with Crippen LogP contribution < -0.4 is 0 Å². The van der Waals surface area contributed by atoms with Gasteiger partial charge in [-0.2, -0.15) is 0 Å². The second kappa shape index (κ2) is 7.61. The molecular formula is C18H14Cl2N2O3S. The molecule has 0 atom stereocenters. The number of Topliss-reactive ketones (excluding diaryl/α,β-unsaturated/α-hetero) is 1. The number of hydrogen-bond acceptors (Lipinski definition) is 4. The van der Waals surface area contributed by atoms with Gasteiger partial charge in [0.2, 0.25) is 0 Å². The summed E-state index contributed by atoms with van der Waals surface area (Å²) in [6, 6.07) is 13.0. The van der Waals surface area contributed by atoms with Crippen molar-refractivity contribution in [2.45, 2.75) is 11.4 Å². The van der Waals surface area contributed by atoms with Crippen LogP contribution in [0.3, 0.4) is 0 Å². The normalized spacial score (nSPS) is 11.5. The van der Waals surface area contributed by atoms with Crippen LogP contribution in [0.4, 0.5) is 0 Å². The number of nitrogens with zero attached hydrogens (tertiary/aromatic N) is 2. The van der Waals surface area contributed by atoms with Gasteiger partial charge in [0.15, 0.2) is 15.6 Å². The predicted octanol–water partition coefficient (Wildman–Crippen LogP) is 3.89. The van der Waals surface area contributed by atoms with Gasteiger partial charge in [-0.3, -0.25) is 4.79 Å². The maximum Gasteiger partial charge on any atom is 0.198 e. The Morgan fingerprint density at radius 3 is 2.42 bits per heavy atom. The number of sulfone groups is 1. The molecule has 0 saturated carbocycles. The summed E-state index contributed by atoms with van der Waals surface area (Å²) >= 11 is 11.9. The van der Waals surface area contributed by atoms with Gasteiger partial charge in [0.25, 0.3) is 0 Å². The van der Waals surface area contributed by atoms with E-state index < -0.39 is 21.4 Å². The van der Waals surface area contributed by atoms with E-state index >= 15 is 0 Å². The van der Waals surface area contributed by atoms with Crippen LogP contribution in [0.5, 0.6) is 0 Å². The molecule has 8 heteroatoms. The first-order chi connectivity index (χ1) is 12.3. The molecular weight excluding hydrogens is 395 g/mol. The average molecular weight is 409 g/mol. The van der Waals surface area contributed by atoms with Gasteiger partial charge < -0.3 is 4.57 Å². The van der Waals surface area contributed by atoms with Crippen molar-refractivity contribution in [3.05, 3.63) is 82.4 Å². The van der Waals surface area contributed by atoms with E-state index in [0.29, 0.717) is 16.6 Å². The zero-order chi connectivity index (χ0) is 18.7. The highest BCUT2D eigenvalue weighted by Crippen LogP contribution is 2.18. The highest BCUT2D eigenvalue weighted by atomic mass is 35.5. The first-order valence-corrected chi connectivity index (χ1v) is 10.0.